The van der Waals surface area contributed by atoms with E-state index in [9.17, 15) is 4.79 Å². The molecule has 1 heterocycles. The van der Waals surface area contributed by atoms with Crippen LogP contribution in [0.25, 0.3) is 10.9 Å². The second kappa shape index (κ2) is 8.48. The smallest absolute Gasteiger partial charge is 0.255 e. The Kier molecular flexibility index (Phi) is 5.43. The largest absolute Gasteiger partial charge is 0.493 e. The molecule has 0 aliphatic heterocycles. The van der Waals surface area contributed by atoms with Gasteiger partial charge in [0.2, 0.25) is 0 Å². The molecule has 30 heavy (non-hydrogen) atoms. The Bertz CT molecular complexity index is 1180. The molecule has 1 aromatic heterocycles. The summed E-state index contributed by atoms with van der Waals surface area (Å²) in [6.07, 6.45) is 1.49. The van der Waals surface area contributed by atoms with Crippen LogP contribution in [0.4, 0.5) is 17.2 Å². The Morgan fingerprint density at radius 1 is 0.833 bits per heavy atom. The molecule has 4 rings (SSSR count). The van der Waals surface area contributed by atoms with Gasteiger partial charge in [-0.2, -0.15) is 0 Å². The molecule has 7 nitrogen and oxygen atoms in total. The third kappa shape index (κ3) is 4.00. The summed E-state index contributed by atoms with van der Waals surface area (Å²) < 4.78 is 10.7. The minimum Gasteiger partial charge on any atom is -0.493 e. The zero-order valence-electron chi connectivity index (χ0n) is 16.5. The van der Waals surface area contributed by atoms with E-state index in [1.165, 1.54) is 6.33 Å². The molecular weight excluding hydrogens is 380 g/mol. The lowest BCUT2D eigenvalue weighted by atomic mass is 10.2. The molecule has 0 aliphatic rings. The normalized spacial score (nSPS) is 10.5. The van der Waals surface area contributed by atoms with Crippen LogP contribution in [0.3, 0.4) is 0 Å². The lowest BCUT2D eigenvalue weighted by Crippen LogP contribution is -2.11. The van der Waals surface area contributed by atoms with E-state index in [0.29, 0.717) is 28.6 Å². The highest BCUT2D eigenvalue weighted by Gasteiger charge is 2.11. The number of hydrogen-bond acceptors (Lipinski definition) is 6. The van der Waals surface area contributed by atoms with E-state index >= 15 is 0 Å². The van der Waals surface area contributed by atoms with Crippen LogP contribution in [0.5, 0.6) is 11.5 Å². The van der Waals surface area contributed by atoms with Crippen LogP contribution in [0.15, 0.2) is 73.1 Å². The average Bonchev–Trinajstić information content (AvgIpc) is 2.80. The lowest BCUT2D eigenvalue weighted by Gasteiger charge is -2.12. The quantitative estimate of drug-likeness (QED) is 0.490. The molecule has 0 saturated heterocycles. The van der Waals surface area contributed by atoms with Crippen molar-refractivity contribution >= 4 is 34.0 Å². The van der Waals surface area contributed by atoms with Gasteiger partial charge in [0.25, 0.3) is 5.91 Å². The SMILES string of the molecule is COc1cc2ncnc(Nc3ccc(NC(=O)c4ccccc4)cc3)c2cc1OC. The standard InChI is InChI=1S/C23H20N4O3/c1-29-20-12-18-19(13-21(20)30-2)24-14-25-22(18)26-16-8-10-17(11-9-16)27-23(28)15-6-4-3-5-7-15/h3-14H,1-2H3,(H,27,28)(H,24,25,26). The number of amides is 1. The summed E-state index contributed by atoms with van der Waals surface area (Å²) >= 11 is 0. The minimum atomic E-state index is -0.154. The number of hydrogen-bond donors (Lipinski definition) is 2. The van der Waals surface area contributed by atoms with Crippen molar-refractivity contribution < 1.29 is 14.3 Å². The number of ether oxygens (including phenoxy) is 2. The van der Waals surface area contributed by atoms with E-state index in [1.807, 2.05) is 54.6 Å². The Balaban J connectivity index is 1.55. The van der Waals surface area contributed by atoms with Gasteiger partial charge in [-0.1, -0.05) is 18.2 Å². The van der Waals surface area contributed by atoms with Crippen molar-refractivity contribution in [1.82, 2.24) is 9.97 Å². The number of methoxy groups -OCH3 is 2. The van der Waals surface area contributed by atoms with Gasteiger partial charge in [-0.25, -0.2) is 9.97 Å². The van der Waals surface area contributed by atoms with E-state index < -0.39 is 0 Å². The van der Waals surface area contributed by atoms with Crippen LogP contribution >= 0.6 is 0 Å². The molecule has 0 fully saturated rings. The molecular formula is C23H20N4O3. The van der Waals surface area contributed by atoms with Crippen molar-refractivity contribution in [3.63, 3.8) is 0 Å². The van der Waals surface area contributed by atoms with Gasteiger partial charge < -0.3 is 20.1 Å². The van der Waals surface area contributed by atoms with Crippen molar-refractivity contribution in [3.8, 4) is 11.5 Å². The molecule has 3 aromatic carbocycles. The van der Waals surface area contributed by atoms with Gasteiger partial charge in [0.15, 0.2) is 11.5 Å². The van der Waals surface area contributed by atoms with Gasteiger partial charge >= 0.3 is 0 Å². The second-order valence-electron chi connectivity index (χ2n) is 6.47. The summed E-state index contributed by atoms with van der Waals surface area (Å²) in [6.45, 7) is 0. The minimum absolute atomic E-state index is 0.154. The number of carbonyl (C=O) groups excluding carboxylic acids is 1. The zero-order valence-corrected chi connectivity index (χ0v) is 16.5. The summed E-state index contributed by atoms with van der Waals surface area (Å²) in [6, 6.07) is 20.1. The maximum absolute atomic E-state index is 12.3. The number of nitrogens with zero attached hydrogens (tertiary/aromatic N) is 2. The Hall–Kier alpha value is -4.13. The molecule has 2 N–H and O–H groups in total. The van der Waals surface area contributed by atoms with E-state index in [0.717, 1.165) is 16.6 Å². The number of rotatable bonds is 6. The molecule has 7 heteroatoms. The van der Waals surface area contributed by atoms with E-state index in [4.69, 9.17) is 9.47 Å². The highest BCUT2D eigenvalue weighted by molar-refractivity contribution is 6.04. The third-order valence-electron chi connectivity index (χ3n) is 4.58. The molecule has 0 spiro atoms. The van der Waals surface area contributed by atoms with Gasteiger partial charge in [-0.15, -0.1) is 0 Å². The lowest BCUT2D eigenvalue weighted by molar-refractivity contribution is 0.102. The highest BCUT2D eigenvalue weighted by atomic mass is 16.5. The molecule has 0 unspecified atom stereocenters. The summed E-state index contributed by atoms with van der Waals surface area (Å²) in [4.78, 5) is 20.9. The topological polar surface area (TPSA) is 85.4 Å². The van der Waals surface area contributed by atoms with Crippen LogP contribution in [0.1, 0.15) is 10.4 Å². The number of benzene rings is 3. The zero-order chi connectivity index (χ0) is 20.9. The van der Waals surface area contributed by atoms with Crippen LogP contribution < -0.4 is 20.1 Å². The second-order valence-corrected chi connectivity index (χ2v) is 6.47. The Labute approximate surface area is 173 Å². The fourth-order valence-electron chi connectivity index (χ4n) is 3.05. The monoisotopic (exact) mass is 400 g/mol. The Morgan fingerprint density at radius 2 is 1.50 bits per heavy atom. The molecule has 1 amide bonds. The van der Waals surface area contributed by atoms with Crippen LogP contribution in [-0.4, -0.2) is 30.1 Å². The van der Waals surface area contributed by atoms with Crippen molar-refractivity contribution in [2.75, 3.05) is 24.9 Å². The fraction of sp³-hybridized carbons (Fsp3) is 0.0870. The summed E-state index contributed by atoms with van der Waals surface area (Å²) in [5.74, 6) is 1.69. The first kappa shape index (κ1) is 19.2. The van der Waals surface area contributed by atoms with Crippen molar-refractivity contribution in [2.24, 2.45) is 0 Å². The van der Waals surface area contributed by atoms with E-state index in [1.54, 1.807) is 26.4 Å². The van der Waals surface area contributed by atoms with Crippen molar-refractivity contribution in [3.05, 3.63) is 78.6 Å². The van der Waals surface area contributed by atoms with Crippen LogP contribution in [-0.2, 0) is 0 Å². The predicted octanol–water partition coefficient (Wildman–Crippen LogP) is 4.64. The van der Waals surface area contributed by atoms with E-state index in [-0.39, 0.29) is 5.91 Å². The van der Waals surface area contributed by atoms with Gasteiger partial charge in [-0.05, 0) is 42.5 Å². The van der Waals surface area contributed by atoms with Crippen molar-refractivity contribution in [2.45, 2.75) is 0 Å². The fourth-order valence-corrected chi connectivity index (χ4v) is 3.05. The third-order valence-corrected chi connectivity index (χ3v) is 4.58. The van der Waals surface area contributed by atoms with Gasteiger partial charge in [-0.3, -0.25) is 4.79 Å². The number of aromatic nitrogens is 2. The summed E-state index contributed by atoms with van der Waals surface area (Å²) in [5.41, 5.74) is 2.87. The number of nitrogens with one attached hydrogen (secondary N) is 2. The van der Waals surface area contributed by atoms with Crippen LogP contribution in [0.2, 0.25) is 0 Å². The number of anilines is 3. The molecule has 150 valence electrons. The van der Waals surface area contributed by atoms with Gasteiger partial charge in [0.05, 0.1) is 19.7 Å². The molecule has 0 atom stereocenters. The van der Waals surface area contributed by atoms with Crippen LogP contribution in [0, 0.1) is 0 Å². The average molecular weight is 400 g/mol. The summed E-state index contributed by atoms with van der Waals surface area (Å²) in [7, 11) is 3.17. The number of fused-ring (bicyclic) bond motifs is 1. The van der Waals surface area contributed by atoms with Gasteiger partial charge in [0, 0.05) is 28.4 Å². The maximum Gasteiger partial charge on any atom is 0.255 e. The molecule has 0 saturated carbocycles. The Morgan fingerprint density at radius 3 is 2.20 bits per heavy atom. The predicted molar refractivity (Wildman–Crippen MR) is 117 cm³/mol. The van der Waals surface area contributed by atoms with Gasteiger partial charge in [0.1, 0.15) is 12.1 Å². The first-order valence-electron chi connectivity index (χ1n) is 9.28. The first-order valence-corrected chi connectivity index (χ1v) is 9.28. The molecule has 4 aromatic rings. The number of carbonyl (C=O) groups is 1. The maximum atomic E-state index is 12.3. The first-order chi connectivity index (χ1) is 14.7. The highest BCUT2D eigenvalue weighted by Crippen LogP contribution is 2.34. The summed E-state index contributed by atoms with van der Waals surface area (Å²) in [5, 5.41) is 6.97. The van der Waals surface area contributed by atoms with E-state index in [2.05, 4.69) is 20.6 Å². The molecule has 0 bridgehead atoms. The van der Waals surface area contributed by atoms with Crippen molar-refractivity contribution in [1.29, 1.82) is 0 Å². The molecule has 0 radical (unpaired) electrons. The molecule has 0 aliphatic carbocycles.